The van der Waals surface area contributed by atoms with Crippen molar-refractivity contribution < 1.29 is 23.9 Å². The lowest BCUT2D eigenvalue weighted by Gasteiger charge is -2.19. The second-order valence-corrected chi connectivity index (χ2v) is 7.96. The maximum Gasteiger partial charge on any atom is 0.323 e. The number of rotatable bonds is 13. The number of nitrogens with two attached hydrogens (primary N) is 1. The van der Waals surface area contributed by atoms with Gasteiger partial charge in [-0.15, -0.1) is 0 Å². The predicted octanol–water partition coefficient (Wildman–Crippen LogP) is 1.73. The van der Waals surface area contributed by atoms with Crippen LogP contribution in [0.25, 0.3) is 11.2 Å². The van der Waals surface area contributed by atoms with Crippen LogP contribution in [0.4, 0.5) is 0 Å². The van der Waals surface area contributed by atoms with Gasteiger partial charge in [-0.1, -0.05) is 13.8 Å². The zero-order chi connectivity index (χ0) is 22.8. The van der Waals surface area contributed by atoms with E-state index in [1.165, 1.54) is 6.92 Å². The molecule has 2 rings (SSSR count). The SMILES string of the molecule is CC(=O)CCCC(=O)OCCC(COC(=O)[C@@H](N)C(C)C)Cc1ncc2[nH]cnc2n1. The molecular weight excluding hydrogens is 402 g/mol. The molecule has 2 atom stereocenters. The van der Waals surface area contributed by atoms with Crippen molar-refractivity contribution in [2.45, 2.75) is 58.9 Å². The number of carbonyl (C=O) groups excluding carboxylic acids is 3. The van der Waals surface area contributed by atoms with E-state index in [1.807, 2.05) is 13.8 Å². The first-order chi connectivity index (χ1) is 14.8. The molecule has 170 valence electrons. The summed E-state index contributed by atoms with van der Waals surface area (Å²) in [7, 11) is 0. The molecular formula is C21H31N5O5. The smallest absolute Gasteiger partial charge is 0.323 e. The van der Waals surface area contributed by atoms with Crippen molar-refractivity contribution in [3.8, 4) is 0 Å². The first kappa shape index (κ1) is 24.4. The van der Waals surface area contributed by atoms with E-state index in [0.29, 0.717) is 37.2 Å². The molecule has 2 aromatic rings. The van der Waals surface area contributed by atoms with E-state index in [-0.39, 0.29) is 43.2 Å². The molecule has 3 N–H and O–H groups in total. The maximum atomic E-state index is 12.1. The number of hydrogen-bond donors (Lipinski definition) is 2. The van der Waals surface area contributed by atoms with Gasteiger partial charge in [0.25, 0.3) is 0 Å². The highest BCUT2D eigenvalue weighted by molar-refractivity contribution is 5.76. The Morgan fingerprint density at radius 3 is 2.65 bits per heavy atom. The standard InChI is InChI=1S/C21H31N5O5/c1-13(2)19(22)21(29)31-11-15(7-8-30-18(28)6-4-5-14(3)27)9-17-23-10-16-20(26-17)25-12-24-16/h10,12-13,15,19H,4-9,11,22H2,1-3H3,(H,23,24,25,26)/t15?,19-/m0/s1. The number of ether oxygens (including phenoxy) is 2. The molecule has 0 fully saturated rings. The van der Waals surface area contributed by atoms with E-state index in [0.717, 1.165) is 5.52 Å². The number of nitrogens with one attached hydrogen (secondary N) is 1. The second-order valence-electron chi connectivity index (χ2n) is 7.96. The molecule has 1 unspecified atom stereocenters. The molecule has 10 nitrogen and oxygen atoms in total. The van der Waals surface area contributed by atoms with Gasteiger partial charge in [0.05, 0.1) is 25.7 Å². The number of imidazole rings is 1. The van der Waals surface area contributed by atoms with Gasteiger partial charge in [-0.05, 0) is 25.7 Å². The van der Waals surface area contributed by atoms with Gasteiger partial charge >= 0.3 is 11.9 Å². The number of H-pyrrole nitrogens is 1. The summed E-state index contributed by atoms with van der Waals surface area (Å²) in [6.45, 7) is 5.47. The van der Waals surface area contributed by atoms with Gasteiger partial charge in [-0.3, -0.25) is 9.59 Å². The van der Waals surface area contributed by atoms with Crippen molar-refractivity contribution in [1.82, 2.24) is 19.9 Å². The van der Waals surface area contributed by atoms with Crippen LogP contribution in [0.5, 0.6) is 0 Å². The van der Waals surface area contributed by atoms with Crippen molar-refractivity contribution in [3.05, 3.63) is 18.3 Å². The summed E-state index contributed by atoms with van der Waals surface area (Å²) in [5, 5.41) is 0. The number of nitrogens with zero attached hydrogens (tertiary/aromatic N) is 3. The number of Topliss-reactive ketones (excluding diaryl/α,β-unsaturated/α-hetero) is 1. The normalized spacial score (nSPS) is 13.2. The van der Waals surface area contributed by atoms with Gasteiger partial charge in [0.1, 0.15) is 23.2 Å². The third-order valence-corrected chi connectivity index (χ3v) is 4.85. The molecule has 0 aliphatic carbocycles. The molecule has 0 bridgehead atoms. The van der Waals surface area contributed by atoms with Gasteiger partial charge < -0.3 is 25.0 Å². The number of carbonyl (C=O) groups is 3. The summed E-state index contributed by atoms with van der Waals surface area (Å²) in [6.07, 6.45) is 5.11. The van der Waals surface area contributed by atoms with Crippen molar-refractivity contribution >= 4 is 28.9 Å². The van der Waals surface area contributed by atoms with Crippen LogP contribution < -0.4 is 5.73 Å². The molecule has 0 amide bonds. The second kappa shape index (κ2) is 12.1. The van der Waals surface area contributed by atoms with Crippen LogP contribution in [-0.4, -0.2) is 56.9 Å². The van der Waals surface area contributed by atoms with Crippen molar-refractivity contribution in [1.29, 1.82) is 0 Å². The number of aromatic amines is 1. The molecule has 0 spiro atoms. The summed E-state index contributed by atoms with van der Waals surface area (Å²) < 4.78 is 10.7. The molecule has 10 heteroatoms. The van der Waals surface area contributed by atoms with E-state index in [2.05, 4.69) is 19.9 Å². The Kier molecular flexibility index (Phi) is 9.51. The number of fused-ring (bicyclic) bond motifs is 1. The van der Waals surface area contributed by atoms with Crippen molar-refractivity contribution in [3.63, 3.8) is 0 Å². The number of esters is 2. The zero-order valence-corrected chi connectivity index (χ0v) is 18.3. The van der Waals surface area contributed by atoms with Crippen LogP contribution in [0, 0.1) is 11.8 Å². The number of aromatic nitrogens is 4. The first-order valence-electron chi connectivity index (χ1n) is 10.5. The summed E-state index contributed by atoms with van der Waals surface area (Å²) in [5.41, 5.74) is 7.14. The Labute approximate surface area is 181 Å². The monoisotopic (exact) mass is 433 g/mol. The molecule has 0 saturated carbocycles. The average molecular weight is 434 g/mol. The van der Waals surface area contributed by atoms with E-state index >= 15 is 0 Å². The molecule has 31 heavy (non-hydrogen) atoms. The third kappa shape index (κ3) is 8.41. The molecule has 2 heterocycles. The molecule has 0 aromatic carbocycles. The van der Waals surface area contributed by atoms with Crippen LogP contribution in [0.2, 0.25) is 0 Å². The lowest BCUT2D eigenvalue weighted by molar-refractivity contribution is -0.149. The highest BCUT2D eigenvalue weighted by atomic mass is 16.5. The Morgan fingerprint density at radius 2 is 1.94 bits per heavy atom. The topological polar surface area (TPSA) is 150 Å². The Bertz CT molecular complexity index is 882. The third-order valence-electron chi connectivity index (χ3n) is 4.85. The van der Waals surface area contributed by atoms with Crippen LogP contribution in [-0.2, 0) is 30.3 Å². The highest BCUT2D eigenvalue weighted by Gasteiger charge is 2.22. The minimum Gasteiger partial charge on any atom is -0.466 e. The van der Waals surface area contributed by atoms with E-state index in [1.54, 1.807) is 12.5 Å². The summed E-state index contributed by atoms with van der Waals surface area (Å²) in [4.78, 5) is 50.7. The summed E-state index contributed by atoms with van der Waals surface area (Å²) >= 11 is 0. The Balaban J connectivity index is 1.92. The van der Waals surface area contributed by atoms with Crippen LogP contribution >= 0.6 is 0 Å². The van der Waals surface area contributed by atoms with Crippen molar-refractivity contribution in [2.24, 2.45) is 17.6 Å². The quantitative estimate of drug-likeness (QED) is 0.450. The molecule has 0 radical (unpaired) electrons. The Morgan fingerprint density at radius 1 is 1.16 bits per heavy atom. The van der Waals surface area contributed by atoms with Crippen LogP contribution in [0.3, 0.4) is 0 Å². The minimum absolute atomic E-state index is 0.0349. The maximum absolute atomic E-state index is 12.1. The largest absolute Gasteiger partial charge is 0.466 e. The van der Waals surface area contributed by atoms with Gasteiger partial charge in [-0.2, -0.15) is 0 Å². The first-order valence-corrected chi connectivity index (χ1v) is 10.5. The van der Waals surface area contributed by atoms with E-state index < -0.39 is 12.0 Å². The fourth-order valence-corrected chi connectivity index (χ4v) is 2.83. The number of ketones is 1. The molecule has 2 aromatic heterocycles. The van der Waals surface area contributed by atoms with Crippen LogP contribution in [0.15, 0.2) is 12.5 Å². The fourth-order valence-electron chi connectivity index (χ4n) is 2.83. The fraction of sp³-hybridized carbons (Fsp3) is 0.619. The van der Waals surface area contributed by atoms with E-state index in [9.17, 15) is 14.4 Å². The zero-order valence-electron chi connectivity index (χ0n) is 18.3. The Hall–Kier alpha value is -2.88. The van der Waals surface area contributed by atoms with Gasteiger partial charge in [0.2, 0.25) is 0 Å². The number of hydrogen-bond acceptors (Lipinski definition) is 9. The lowest BCUT2D eigenvalue weighted by atomic mass is 10.0. The summed E-state index contributed by atoms with van der Waals surface area (Å²) in [5.74, 6) is -0.417. The minimum atomic E-state index is -0.698. The average Bonchev–Trinajstić information content (AvgIpc) is 3.18. The predicted molar refractivity (Wildman–Crippen MR) is 113 cm³/mol. The lowest BCUT2D eigenvalue weighted by Crippen LogP contribution is -2.38. The molecule has 0 aliphatic heterocycles. The van der Waals surface area contributed by atoms with Gasteiger partial charge in [-0.25, -0.2) is 15.0 Å². The molecule has 0 saturated heterocycles. The van der Waals surface area contributed by atoms with Crippen molar-refractivity contribution in [2.75, 3.05) is 13.2 Å². The van der Waals surface area contributed by atoms with E-state index in [4.69, 9.17) is 15.2 Å². The highest BCUT2D eigenvalue weighted by Crippen LogP contribution is 2.14. The summed E-state index contributed by atoms with van der Waals surface area (Å²) in [6, 6.07) is -0.698. The molecule has 0 aliphatic rings. The van der Waals surface area contributed by atoms with Gasteiger partial charge in [0.15, 0.2) is 5.65 Å². The van der Waals surface area contributed by atoms with Crippen LogP contribution in [0.1, 0.15) is 52.3 Å². The van der Waals surface area contributed by atoms with Gasteiger partial charge in [0, 0.05) is 25.2 Å².